The van der Waals surface area contributed by atoms with Crippen LogP contribution in [-0.4, -0.2) is 24.1 Å². The van der Waals surface area contributed by atoms with Crippen molar-refractivity contribution in [1.29, 1.82) is 0 Å². The van der Waals surface area contributed by atoms with E-state index in [0.29, 0.717) is 17.6 Å². The van der Waals surface area contributed by atoms with Crippen LogP contribution in [0.5, 0.6) is 0 Å². The lowest BCUT2D eigenvalue weighted by Crippen LogP contribution is -2.06. The summed E-state index contributed by atoms with van der Waals surface area (Å²) < 4.78 is 4.63. The second-order valence-electron chi connectivity index (χ2n) is 14.8. The molecule has 0 fully saturated rings. The predicted octanol–water partition coefficient (Wildman–Crippen LogP) is 13.4. The van der Waals surface area contributed by atoms with Crippen LogP contribution in [0.1, 0.15) is 0 Å². The van der Waals surface area contributed by atoms with Crippen LogP contribution in [0.4, 0.5) is 0 Å². The Morgan fingerprint density at radius 3 is 1.59 bits per heavy atom. The molecule has 0 radical (unpaired) electrons. The first-order valence-corrected chi connectivity index (χ1v) is 19.6. The third-order valence-corrected chi connectivity index (χ3v) is 11.5. The number of rotatable bonds is 5. The summed E-state index contributed by atoms with van der Waals surface area (Å²) in [7, 11) is 0. The van der Waals surface area contributed by atoms with Crippen molar-refractivity contribution in [2.24, 2.45) is 0 Å². The smallest absolute Gasteiger partial charge is 0.238 e. The van der Waals surface area contributed by atoms with Crippen LogP contribution in [0, 0.1) is 0 Å². The van der Waals surface area contributed by atoms with Gasteiger partial charge in [-0.1, -0.05) is 158 Å². The Balaban J connectivity index is 1.17. The van der Waals surface area contributed by atoms with E-state index in [-0.39, 0.29) is 0 Å². The summed E-state index contributed by atoms with van der Waals surface area (Å²) in [5.41, 5.74) is 9.79. The highest BCUT2D eigenvalue weighted by atomic mass is 15.2. The molecule has 0 unspecified atom stereocenters. The molecule has 58 heavy (non-hydrogen) atoms. The molecule has 0 aliphatic heterocycles. The van der Waals surface area contributed by atoms with Gasteiger partial charge >= 0.3 is 0 Å². The molecule has 0 aliphatic rings. The zero-order valence-corrected chi connectivity index (χ0v) is 31.3. The van der Waals surface area contributed by atoms with Crippen LogP contribution < -0.4 is 0 Å². The summed E-state index contributed by atoms with van der Waals surface area (Å²) in [6, 6.07) is 71.0. The normalized spacial score (nSPS) is 11.8. The Kier molecular flexibility index (Phi) is 7.16. The van der Waals surface area contributed by atoms with Gasteiger partial charge in [0, 0.05) is 38.4 Å². The van der Waals surface area contributed by atoms with E-state index in [1.165, 1.54) is 54.3 Å². The summed E-state index contributed by atoms with van der Waals surface area (Å²) >= 11 is 0. The Hall–Kier alpha value is -7.89. The van der Waals surface area contributed by atoms with Gasteiger partial charge < -0.3 is 4.57 Å². The Morgan fingerprint density at radius 2 is 0.862 bits per heavy atom. The number of para-hydroxylation sites is 2. The summed E-state index contributed by atoms with van der Waals surface area (Å²) in [6.07, 6.45) is 0. The molecule has 0 spiro atoms. The summed E-state index contributed by atoms with van der Waals surface area (Å²) in [6.45, 7) is 0. The maximum atomic E-state index is 5.20. The average molecular weight is 740 g/mol. The molecule has 0 aliphatic carbocycles. The largest absolute Gasteiger partial charge is 0.309 e. The van der Waals surface area contributed by atoms with Crippen LogP contribution >= 0.6 is 0 Å². The fraction of sp³-hybridized carbons (Fsp3) is 0. The van der Waals surface area contributed by atoms with E-state index < -0.39 is 0 Å². The standard InChI is InChI=1S/C53H33N5/c1-4-17-35(18-5-1)51-54-52(36-19-6-2-7-20-36)56-53(55-51)58-46-30-29-37(32-44(46)49-39-23-11-10-16-34(39)28-31-47(49)58)43-33-48-50(41-25-13-12-24-40(41)43)42-26-14-15-27-45(42)57(48)38-21-8-3-9-22-38/h1-33H. The first kappa shape index (κ1) is 32.4. The maximum absolute atomic E-state index is 5.20. The first-order valence-electron chi connectivity index (χ1n) is 19.6. The van der Waals surface area contributed by atoms with Crippen molar-refractivity contribution >= 4 is 65.2 Å². The zero-order valence-electron chi connectivity index (χ0n) is 31.3. The molecule has 0 atom stereocenters. The summed E-state index contributed by atoms with van der Waals surface area (Å²) in [5, 5.41) is 9.64. The molecule has 5 nitrogen and oxygen atoms in total. The molecular weight excluding hydrogens is 707 g/mol. The SMILES string of the molecule is c1ccc(-c2nc(-c3ccccc3)nc(-n3c4ccc(-c5cc6c(c7ccccc57)c5ccccc5n6-c5ccccc5)cc4c4c5ccccc5ccc43)n2)cc1. The van der Waals surface area contributed by atoms with Gasteiger partial charge in [0.1, 0.15) is 0 Å². The van der Waals surface area contributed by atoms with Crippen molar-refractivity contribution in [3.8, 4) is 45.5 Å². The minimum atomic E-state index is 0.579. The number of nitrogens with zero attached hydrogens (tertiary/aromatic N) is 5. The highest BCUT2D eigenvalue weighted by molar-refractivity contribution is 6.25. The minimum Gasteiger partial charge on any atom is -0.309 e. The Bertz CT molecular complexity index is 3490. The topological polar surface area (TPSA) is 48.5 Å². The lowest BCUT2D eigenvalue weighted by molar-refractivity contribution is 0.953. The molecule has 0 amide bonds. The van der Waals surface area contributed by atoms with Crippen LogP contribution in [-0.2, 0) is 0 Å². The van der Waals surface area contributed by atoms with Crippen LogP contribution in [0.2, 0.25) is 0 Å². The van der Waals surface area contributed by atoms with Gasteiger partial charge in [-0.25, -0.2) is 4.98 Å². The van der Waals surface area contributed by atoms with Crippen LogP contribution in [0.25, 0.3) is 111 Å². The molecule has 3 heterocycles. The minimum absolute atomic E-state index is 0.579. The van der Waals surface area contributed by atoms with Gasteiger partial charge in [-0.15, -0.1) is 0 Å². The van der Waals surface area contributed by atoms with Crippen LogP contribution in [0.15, 0.2) is 200 Å². The van der Waals surface area contributed by atoms with Crippen LogP contribution in [0.3, 0.4) is 0 Å². The molecular formula is C53H33N5. The number of fused-ring (bicyclic) bond motifs is 10. The molecule has 0 N–H and O–H groups in total. The van der Waals surface area contributed by atoms with Crippen molar-refractivity contribution in [3.05, 3.63) is 200 Å². The van der Waals surface area contributed by atoms with Gasteiger partial charge in [-0.2, -0.15) is 9.97 Å². The molecule has 9 aromatic carbocycles. The van der Waals surface area contributed by atoms with Gasteiger partial charge in [0.25, 0.3) is 0 Å². The molecule has 3 aromatic heterocycles. The molecule has 12 aromatic rings. The summed E-state index contributed by atoms with van der Waals surface area (Å²) in [4.78, 5) is 15.4. The van der Waals surface area contributed by atoms with Gasteiger partial charge in [0.05, 0.1) is 22.1 Å². The van der Waals surface area contributed by atoms with Crippen molar-refractivity contribution < 1.29 is 0 Å². The Labute approximate surface area is 333 Å². The molecule has 5 heteroatoms. The Morgan fingerprint density at radius 1 is 0.310 bits per heavy atom. The second-order valence-corrected chi connectivity index (χ2v) is 14.8. The van der Waals surface area contributed by atoms with Crippen molar-refractivity contribution in [2.75, 3.05) is 0 Å². The van der Waals surface area contributed by atoms with E-state index in [9.17, 15) is 0 Å². The monoisotopic (exact) mass is 739 g/mol. The van der Waals surface area contributed by atoms with Gasteiger partial charge in [0.15, 0.2) is 11.6 Å². The van der Waals surface area contributed by atoms with Crippen molar-refractivity contribution in [1.82, 2.24) is 24.1 Å². The second kappa shape index (κ2) is 12.8. The number of hydrogen-bond acceptors (Lipinski definition) is 3. The summed E-state index contributed by atoms with van der Waals surface area (Å²) in [5.74, 6) is 1.84. The predicted molar refractivity (Wildman–Crippen MR) is 240 cm³/mol. The fourth-order valence-electron chi connectivity index (χ4n) is 8.99. The maximum Gasteiger partial charge on any atom is 0.238 e. The third kappa shape index (κ3) is 4.93. The van der Waals surface area contributed by atoms with Gasteiger partial charge in [0.2, 0.25) is 5.95 Å². The molecule has 0 saturated heterocycles. The molecule has 270 valence electrons. The first-order chi connectivity index (χ1) is 28.8. The fourth-order valence-corrected chi connectivity index (χ4v) is 8.99. The number of hydrogen-bond donors (Lipinski definition) is 0. The van der Waals surface area contributed by atoms with E-state index in [4.69, 9.17) is 15.0 Å². The van der Waals surface area contributed by atoms with Gasteiger partial charge in [-0.05, 0) is 75.1 Å². The van der Waals surface area contributed by atoms with Crippen molar-refractivity contribution in [3.63, 3.8) is 0 Å². The quantitative estimate of drug-likeness (QED) is 0.177. The third-order valence-electron chi connectivity index (χ3n) is 11.5. The zero-order chi connectivity index (χ0) is 38.2. The van der Waals surface area contributed by atoms with E-state index in [1.807, 2.05) is 36.4 Å². The highest BCUT2D eigenvalue weighted by Gasteiger charge is 2.22. The van der Waals surface area contributed by atoms with Crippen molar-refractivity contribution in [2.45, 2.75) is 0 Å². The van der Waals surface area contributed by atoms with E-state index in [2.05, 4.69) is 173 Å². The average Bonchev–Trinajstić information content (AvgIpc) is 3.82. The molecule has 0 saturated carbocycles. The molecule has 12 rings (SSSR count). The number of aromatic nitrogens is 5. The molecule has 0 bridgehead atoms. The lowest BCUT2D eigenvalue weighted by Gasteiger charge is -2.13. The highest BCUT2D eigenvalue weighted by Crippen LogP contribution is 2.44. The van der Waals surface area contributed by atoms with E-state index in [1.54, 1.807) is 0 Å². The number of benzene rings is 9. The van der Waals surface area contributed by atoms with E-state index >= 15 is 0 Å². The lowest BCUT2D eigenvalue weighted by atomic mass is 9.93. The van der Waals surface area contributed by atoms with Gasteiger partial charge in [-0.3, -0.25) is 4.57 Å². The van der Waals surface area contributed by atoms with E-state index in [0.717, 1.165) is 38.8 Å².